The summed E-state index contributed by atoms with van der Waals surface area (Å²) in [6, 6.07) is 36.9. The third-order valence-corrected chi connectivity index (χ3v) is 8.23. The van der Waals surface area contributed by atoms with Crippen molar-refractivity contribution in [3.8, 4) is 0 Å². The van der Waals surface area contributed by atoms with Crippen LogP contribution in [0.25, 0.3) is 0 Å². The summed E-state index contributed by atoms with van der Waals surface area (Å²) in [6.45, 7) is -4.50. The Kier molecular flexibility index (Phi) is 10.6. The minimum atomic E-state index is -1.15. The number of hydrogen-bond donors (Lipinski definition) is 0. The van der Waals surface area contributed by atoms with Gasteiger partial charge in [0, 0.05) is 0 Å². The van der Waals surface area contributed by atoms with Gasteiger partial charge in [0.15, 0.2) is 6.29 Å². The van der Waals surface area contributed by atoms with Crippen LogP contribution in [0.1, 0.15) is 59.8 Å². The summed E-state index contributed by atoms with van der Waals surface area (Å²) in [6.07, 6.45) is -0.0864. The second kappa shape index (κ2) is 17.5. The van der Waals surface area contributed by atoms with Gasteiger partial charge < -0.3 is 28.4 Å². The van der Waals surface area contributed by atoms with Crippen LogP contribution in [0.2, 0.25) is 0 Å². The highest BCUT2D eigenvalue weighted by Gasteiger charge is 2.49. The van der Waals surface area contributed by atoms with E-state index in [2.05, 4.69) is 0 Å². The van der Waals surface area contributed by atoms with Crippen LogP contribution in [0, 0.1) is 0 Å². The van der Waals surface area contributed by atoms with Crippen LogP contribution < -0.4 is 0 Å². The Bertz CT molecular complexity index is 1530. The minimum Gasteiger partial charge on any atom is -0.374 e. The quantitative estimate of drug-likeness (QED) is 0.133. The Morgan fingerprint density at radius 1 is 0.522 bits per heavy atom. The molecule has 4 aromatic rings. The molecule has 0 amide bonds. The fraction of sp³-hybridized carbons (Fsp3) is 0.400. The van der Waals surface area contributed by atoms with Crippen molar-refractivity contribution >= 4 is 0 Å². The molecule has 4 aromatic carbocycles. The van der Waals surface area contributed by atoms with Gasteiger partial charge in [-0.1, -0.05) is 141 Å². The van der Waals surface area contributed by atoms with Crippen LogP contribution in [-0.4, -0.2) is 43.4 Å². The Hall–Kier alpha value is -3.36. The zero-order chi connectivity index (χ0) is 34.7. The first-order valence-electron chi connectivity index (χ1n) is 18.5. The van der Waals surface area contributed by atoms with Gasteiger partial charge in [0.25, 0.3) is 0 Å². The van der Waals surface area contributed by atoms with E-state index < -0.39 is 57.0 Å². The number of hydrogen-bond acceptors (Lipinski definition) is 6. The van der Waals surface area contributed by atoms with Gasteiger partial charge in [-0.3, -0.25) is 0 Å². The molecule has 0 radical (unpaired) electrons. The van der Waals surface area contributed by atoms with Crippen molar-refractivity contribution in [1.29, 1.82) is 0 Å². The average Bonchev–Trinajstić information content (AvgIpc) is 3.17. The first-order valence-corrected chi connectivity index (χ1v) is 16.2. The van der Waals surface area contributed by atoms with Gasteiger partial charge in [0.05, 0.1) is 44.5 Å². The lowest BCUT2D eigenvalue weighted by Gasteiger charge is -2.47. The first-order chi connectivity index (χ1) is 24.5. The van der Waals surface area contributed by atoms with E-state index >= 15 is 0 Å². The molecule has 1 aliphatic heterocycles. The third-order valence-electron chi connectivity index (χ3n) is 8.23. The molecule has 0 aromatic heterocycles. The summed E-state index contributed by atoms with van der Waals surface area (Å²) in [4.78, 5) is 0. The molecule has 1 aliphatic carbocycles. The monoisotopic (exact) mass is 626 g/mol. The SMILES string of the molecule is [2H]C(OC[C@H]1OC(OC2CCCCC2)[C@H](OC([2H])c2ccccc2)[C@@H](OC([2H])c2ccccc2)[C@@H]1OC([2H])c1ccccc1)c1ccccc1. The molecule has 5 unspecified atom stereocenters. The van der Waals surface area contributed by atoms with Crippen LogP contribution >= 0.6 is 0 Å². The van der Waals surface area contributed by atoms with Crippen molar-refractivity contribution < 1.29 is 33.9 Å². The Morgan fingerprint density at radius 3 is 1.46 bits per heavy atom. The van der Waals surface area contributed by atoms with Gasteiger partial charge in [-0.15, -0.1) is 0 Å². The van der Waals surface area contributed by atoms with E-state index in [0.29, 0.717) is 22.3 Å². The fourth-order valence-corrected chi connectivity index (χ4v) is 5.81. The third kappa shape index (κ3) is 9.58. The molecule has 1 saturated heterocycles. The molecule has 1 heterocycles. The van der Waals surface area contributed by atoms with E-state index in [4.69, 9.17) is 33.9 Å². The molecule has 0 spiro atoms. The van der Waals surface area contributed by atoms with Crippen LogP contribution in [0.4, 0.5) is 0 Å². The number of benzene rings is 4. The van der Waals surface area contributed by atoms with E-state index in [1.54, 1.807) is 0 Å². The molecular weight excluding hydrogens is 576 g/mol. The van der Waals surface area contributed by atoms with Crippen molar-refractivity contribution in [3.63, 3.8) is 0 Å². The molecule has 9 atom stereocenters. The zero-order valence-corrected chi connectivity index (χ0v) is 26.0. The molecular formula is C40H46O6. The maximum atomic E-state index is 9.12. The minimum absolute atomic E-state index is 0.0800. The number of rotatable bonds is 15. The second-order valence-corrected chi connectivity index (χ2v) is 11.7. The second-order valence-electron chi connectivity index (χ2n) is 11.7. The van der Waals surface area contributed by atoms with E-state index in [1.807, 2.05) is 121 Å². The van der Waals surface area contributed by atoms with Crippen molar-refractivity contribution in [2.45, 2.75) is 95.2 Å². The Morgan fingerprint density at radius 2 is 0.957 bits per heavy atom. The van der Waals surface area contributed by atoms with Crippen LogP contribution in [0.15, 0.2) is 121 Å². The highest BCUT2D eigenvalue weighted by molar-refractivity contribution is 5.16. The molecule has 1 saturated carbocycles. The molecule has 0 N–H and O–H groups in total. The lowest BCUT2D eigenvalue weighted by molar-refractivity contribution is -0.337. The topological polar surface area (TPSA) is 55.4 Å². The molecule has 0 bridgehead atoms. The smallest absolute Gasteiger partial charge is 0.187 e. The predicted octanol–water partition coefficient (Wildman–Crippen LogP) is 8.03. The van der Waals surface area contributed by atoms with Crippen LogP contribution in [-0.2, 0) is 54.8 Å². The molecule has 242 valence electrons. The van der Waals surface area contributed by atoms with Crippen molar-refractivity contribution in [2.24, 2.45) is 0 Å². The largest absolute Gasteiger partial charge is 0.374 e. The van der Waals surface area contributed by atoms with Gasteiger partial charge in [-0.2, -0.15) is 0 Å². The summed E-state index contributed by atoms with van der Waals surface area (Å²) in [5, 5.41) is 0. The lowest BCUT2D eigenvalue weighted by Crippen LogP contribution is -2.62. The van der Waals surface area contributed by atoms with Gasteiger partial charge in [-0.25, -0.2) is 0 Å². The van der Waals surface area contributed by atoms with Crippen molar-refractivity contribution in [3.05, 3.63) is 144 Å². The summed E-state index contributed by atoms with van der Waals surface area (Å²) >= 11 is 0. The average molecular weight is 627 g/mol. The van der Waals surface area contributed by atoms with Gasteiger partial charge in [0.1, 0.15) is 24.4 Å². The summed E-state index contributed by atoms with van der Waals surface area (Å²) in [5.41, 5.74) is 2.57. The lowest BCUT2D eigenvalue weighted by atomic mass is 9.96. The van der Waals surface area contributed by atoms with Crippen molar-refractivity contribution in [2.75, 3.05) is 6.61 Å². The highest BCUT2D eigenvalue weighted by Crippen LogP contribution is 2.34. The summed E-state index contributed by atoms with van der Waals surface area (Å²) < 4.78 is 75.1. The molecule has 2 aliphatic rings. The highest BCUT2D eigenvalue weighted by atomic mass is 16.7. The van der Waals surface area contributed by atoms with Crippen LogP contribution in [0.3, 0.4) is 0 Å². The van der Waals surface area contributed by atoms with Crippen molar-refractivity contribution in [1.82, 2.24) is 0 Å². The normalized spacial score (nSPS) is 27.7. The molecule has 6 heteroatoms. The molecule has 6 rings (SSSR count). The molecule has 46 heavy (non-hydrogen) atoms. The van der Waals surface area contributed by atoms with E-state index in [-0.39, 0.29) is 12.7 Å². The van der Waals surface area contributed by atoms with Gasteiger partial charge in [0.2, 0.25) is 0 Å². The van der Waals surface area contributed by atoms with E-state index in [0.717, 1.165) is 32.1 Å². The van der Waals surface area contributed by atoms with E-state index in [1.165, 1.54) is 0 Å². The first kappa shape index (κ1) is 27.7. The Balaban J connectivity index is 1.37. The number of ether oxygens (including phenoxy) is 6. The van der Waals surface area contributed by atoms with E-state index in [9.17, 15) is 0 Å². The van der Waals surface area contributed by atoms with Gasteiger partial charge in [-0.05, 0) is 35.1 Å². The standard InChI is InChI=1S/C40H46O6/c1-6-16-31(17-7-1)26-41-30-36-37(42-27-32-18-8-2-9-19-32)38(43-28-33-20-10-3-11-21-33)39(44-29-34-22-12-4-13-23-34)40(46-36)45-35-24-14-5-15-25-35/h1-4,6-13,16-23,35-40H,5,14-15,24-30H2/t36-,37-,38+,39-,40?/m1/s1/i26D,27D,28D,29D/t26?,27?,28?,29?,36-,37-,38+,39-,40?. The molecule has 6 nitrogen and oxygen atoms in total. The Labute approximate surface area is 279 Å². The van der Waals surface area contributed by atoms with Crippen LogP contribution in [0.5, 0.6) is 0 Å². The molecule has 2 fully saturated rings. The van der Waals surface area contributed by atoms with Gasteiger partial charge >= 0.3 is 0 Å². The summed E-state index contributed by atoms with van der Waals surface area (Å²) in [7, 11) is 0. The fourth-order valence-electron chi connectivity index (χ4n) is 5.81. The predicted molar refractivity (Wildman–Crippen MR) is 178 cm³/mol. The zero-order valence-electron chi connectivity index (χ0n) is 30.0. The maximum absolute atomic E-state index is 9.12. The summed E-state index contributed by atoms with van der Waals surface area (Å²) in [5.74, 6) is 0. The maximum Gasteiger partial charge on any atom is 0.187 e.